The van der Waals surface area contributed by atoms with Crippen molar-refractivity contribution in [1.82, 2.24) is 10.7 Å². The minimum absolute atomic E-state index is 0.228. The lowest BCUT2D eigenvalue weighted by Gasteiger charge is -2.11. The van der Waals surface area contributed by atoms with E-state index in [2.05, 4.69) is 15.8 Å². The average molecular weight is 540 g/mol. The molecule has 10 nitrogen and oxygen atoms in total. The highest BCUT2D eigenvalue weighted by Crippen LogP contribution is 2.29. The molecule has 3 aromatic rings. The van der Waals surface area contributed by atoms with Gasteiger partial charge in [-0.15, -0.1) is 0 Å². The Balaban J connectivity index is 1.56. The van der Waals surface area contributed by atoms with E-state index in [1.807, 2.05) is 0 Å². The number of rotatable bonds is 11. The summed E-state index contributed by atoms with van der Waals surface area (Å²) in [5.74, 6) is -0.129. The van der Waals surface area contributed by atoms with E-state index in [0.29, 0.717) is 45.6 Å². The second kappa shape index (κ2) is 13.7. The van der Waals surface area contributed by atoms with Crippen molar-refractivity contribution in [2.24, 2.45) is 5.10 Å². The minimum atomic E-state index is -0.563. The largest absolute Gasteiger partial charge is 0.493 e. The first-order valence-corrected chi connectivity index (χ1v) is 11.8. The van der Waals surface area contributed by atoms with Gasteiger partial charge in [-0.1, -0.05) is 11.6 Å². The Morgan fingerprint density at radius 3 is 2.24 bits per heavy atom. The van der Waals surface area contributed by atoms with E-state index < -0.39 is 17.8 Å². The van der Waals surface area contributed by atoms with Gasteiger partial charge in [0.2, 0.25) is 0 Å². The van der Waals surface area contributed by atoms with Crippen molar-refractivity contribution in [3.05, 3.63) is 82.4 Å². The smallest absolute Gasteiger partial charge is 0.343 e. The summed E-state index contributed by atoms with van der Waals surface area (Å²) in [5, 5.41) is 6.92. The number of hydrazone groups is 1. The summed E-state index contributed by atoms with van der Waals surface area (Å²) >= 11 is 5.86. The first-order chi connectivity index (χ1) is 18.3. The number of nitrogens with zero attached hydrogens (tertiary/aromatic N) is 1. The quantitative estimate of drug-likeness (QED) is 0.164. The fourth-order valence-corrected chi connectivity index (χ4v) is 3.29. The number of esters is 1. The monoisotopic (exact) mass is 539 g/mol. The van der Waals surface area contributed by atoms with Crippen LogP contribution in [0.3, 0.4) is 0 Å². The molecule has 0 saturated heterocycles. The summed E-state index contributed by atoms with van der Waals surface area (Å²) in [6.45, 7) is 1.83. The molecule has 0 saturated carbocycles. The minimum Gasteiger partial charge on any atom is -0.493 e. The molecule has 0 aromatic heterocycles. The number of hydrogen-bond donors (Lipinski definition) is 2. The van der Waals surface area contributed by atoms with Crippen molar-refractivity contribution < 1.29 is 33.3 Å². The highest BCUT2D eigenvalue weighted by Gasteiger charge is 2.14. The third-order valence-corrected chi connectivity index (χ3v) is 5.26. The van der Waals surface area contributed by atoms with Crippen LogP contribution >= 0.6 is 11.6 Å². The first kappa shape index (κ1) is 28.0. The van der Waals surface area contributed by atoms with Crippen molar-refractivity contribution in [3.63, 3.8) is 0 Å². The molecule has 0 aliphatic carbocycles. The summed E-state index contributed by atoms with van der Waals surface area (Å²) in [4.78, 5) is 36.9. The molecule has 0 unspecified atom stereocenters. The Morgan fingerprint density at radius 2 is 1.55 bits per heavy atom. The van der Waals surface area contributed by atoms with Crippen molar-refractivity contribution in [3.8, 4) is 23.0 Å². The molecule has 0 fully saturated rings. The third-order valence-electron chi connectivity index (χ3n) is 5.01. The van der Waals surface area contributed by atoms with E-state index in [-0.39, 0.29) is 12.3 Å². The molecule has 0 heterocycles. The Hall–Kier alpha value is -4.57. The van der Waals surface area contributed by atoms with Gasteiger partial charge < -0.3 is 24.3 Å². The van der Waals surface area contributed by atoms with Gasteiger partial charge in [0.15, 0.2) is 23.0 Å². The number of carbonyl (C=O) groups is 3. The van der Waals surface area contributed by atoms with Crippen LogP contribution in [-0.2, 0) is 4.79 Å². The summed E-state index contributed by atoms with van der Waals surface area (Å²) in [5.41, 5.74) is 3.56. The number of ether oxygens (including phenoxy) is 4. The van der Waals surface area contributed by atoms with Gasteiger partial charge in [-0.3, -0.25) is 9.59 Å². The summed E-state index contributed by atoms with van der Waals surface area (Å²) in [7, 11) is 2.95. The molecule has 198 valence electrons. The number of methoxy groups -OCH3 is 2. The standard InChI is InChI=1S/C27H26ClN3O7/c1-4-37-24-13-17(5-11-22(24)38-27(34)18-6-9-20(28)10-7-18)15-30-31-25(32)16-29-26(33)19-8-12-21(35-2)23(14-19)36-3/h5-15H,4,16H2,1-3H3,(H,29,33)(H,31,32)/b30-15-. The summed E-state index contributed by atoms with van der Waals surface area (Å²) < 4.78 is 21.4. The SMILES string of the molecule is CCOc1cc(/C=N\NC(=O)CNC(=O)c2ccc(OC)c(OC)c2)ccc1OC(=O)c1ccc(Cl)cc1. The van der Waals surface area contributed by atoms with Gasteiger partial charge in [0.1, 0.15) is 0 Å². The maximum atomic E-state index is 12.4. The maximum Gasteiger partial charge on any atom is 0.343 e. The van der Waals surface area contributed by atoms with Crippen molar-refractivity contribution in [2.75, 3.05) is 27.4 Å². The Labute approximate surface area is 224 Å². The van der Waals surface area contributed by atoms with Crippen LogP contribution < -0.4 is 29.7 Å². The van der Waals surface area contributed by atoms with Crippen LogP contribution in [0, 0.1) is 0 Å². The van der Waals surface area contributed by atoms with Crippen LogP contribution in [0.15, 0.2) is 65.8 Å². The number of carbonyl (C=O) groups excluding carboxylic acids is 3. The Bertz CT molecular complexity index is 1330. The predicted molar refractivity (Wildman–Crippen MR) is 142 cm³/mol. The molecular weight excluding hydrogens is 514 g/mol. The fraction of sp³-hybridized carbons (Fsp3) is 0.185. The number of benzene rings is 3. The molecule has 2 amide bonds. The lowest BCUT2D eigenvalue weighted by atomic mass is 10.2. The molecule has 2 N–H and O–H groups in total. The summed E-state index contributed by atoms with van der Waals surface area (Å²) in [6, 6.07) is 15.8. The summed E-state index contributed by atoms with van der Waals surface area (Å²) in [6.07, 6.45) is 1.39. The molecule has 11 heteroatoms. The molecular formula is C27H26ClN3O7. The van der Waals surface area contributed by atoms with Crippen LogP contribution in [-0.4, -0.2) is 51.4 Å². The molecule has 3 aromatic carbocycles. The number of amides is 2. The topological polar surface area (TPSA) is 125 Å². The second-order valence-electron chi connectivity index (χ2n) is 7.58. The van der Waals surface area contributed by atoms with Gasteiger partial charge in [0.05, 0.1) is 39.1 Å². The average Bonchev–Trinajstić information content (AvgIpc) is 2.93. The van der Waals surface area contributed by atoms with Crippen molar-refractivity contribution in [1.29, 1.82) is 0 Å². The van der Waals surface area contributed by atoms with E-state index in [4.69, 9.17) is 30.5 Å². The van der Waals surface area contributed by atoms with Crippen LogP contribution in [0.1, 0.15) is 33.2 Å². The van der Waals surface area contributed by atoms with E-state index in [0.717, 1.165) is 0 Å². The van der Waals surface area contributed by atoms with Gasteiger partial charge in [-0.25, -0.2) is 10.2 Å². The Morgan fingerprint density at radius 1 is 0.868 bits per heavy atom. The van der Waals surface area contributed by atoms with Gasteiger partial charge in [0.25, 0.3) is 11.8 Å². The molecule has 0 aliphatic heterocycles. The second-order valence-corrected chi connectivity index (χ2v) is 8.02. The van der Waals surface area contributed by atoms with Crippen molar-refractivity contribution >= 4 is 35.6 Å². The number of hydrogen-bond acceptors (Lipinski definition) is 8. The molecule has 0 radical (unpaired) electrons. The highest BCUT2D eigenvalue weighted by molar-refractivity contribution is 6.30. The zero-order valence-corrected chi connectivity index (χ0v) is 21.7. The molecule has 0 aliphatic rings. The lowest BCUT2D eigenvalue weighted by molar-refractivity contribution is -0.120. The molecule has 3 rings (SSSR count). The Kier molecular flexibility index (Phi) is 10.1. The van der Waals surface area contributed by atoms with E-state index in [1.165, 1.54) is 26.5 Å². The van der Waals surface area contributed by atoms with Crippen LogP contribution in [0.2, 0.25) is 5.02 Å². The van der Waals surface area contributed by atoms with Gasteiger partial charge in [-0.05, 0) is 73.2 Å². The molecule has 0 atom stereocenters. The van der Waals surface area contributed by atoms with Gasteiger partial charge in [0, 0.05) is 10.6 Å². The van der Waals surface area contributed by atoms with E-state index in [1.54, 1.807) is 61.5 Å². The normalized spacial score (nSPS) is 10.5. The zero-order chi connectivity index (χ0) is 27.5. The number of halogens is 1. The number of nitrogens with one attached hydrogen (secondary N) is 2. The van der Waals surface area contributed by atoms with Crippen LogP contribution in [0.25, 0.3) is 0 Å². The molecule has 0 spiro atoms. The lowest BCUT2D eigenvalue weighted by Crippen LogP contribution is -2.34. The molecule has 0 bridgehead atoms. The van der Waals surface area contributed by atoms with Crippen LogP contribution in [0.5, 0.6) is 23.0 Å². The third kappa shape index (κ3) is 7.71. The van der Waals surface area contributed by atoms with E-state index in [9.17, 15) is 14.4 Å². The van der Waals surface area contributed by atoms with Crippen molar-refractivity contribution in [2.45, 2.75) is 6.92 Å². The zero-order valence-electron chi connectivity index (χ0n) is 20.9. The molecule has 38 heavy (non-hydrogen) atoms. The van der Waals surface area contributed by atoms with Crippen LogP contribution in [0.4, 0.5) is 0 Å². The van der Waals surface area contributed by atoms with E-state index >= 15 is 0 Å². The van der Waals surface area contributed by atoms with Gasteiger partial charge in [-0.2, -0.15) is 5.10 Å². The highest BCUT2D eigenvalue weighted by atomic mass is 35.5. The predicted octanol–water partition coefficient (Wildman–Crippen LogP) is 3.86. The fourth-order valence-electron chi connectivity index (χ4n) is 3.16. The maximum absolute atomic E-state index is 12.4. The van der Waals surface area contributed by atoms with Gasteiger partial charge >= 0.3 is 5.97 Å². The first-order valence-electron chi connectivity index (χ1n) is 11.4.